The van der Waals surface area contributed by atoms with Gasteiger partial charge < -0.3 is 15.0 Å². The molecule has 138 valence electrons. The Kier molecular flexibility index (Phi) is 5.58. The van der Waals surface area contributed by atoms with Crippen LogP contribution in [-0.4, -0.2) is 21.6 Å². The molecule has 1 amide bonds. The van der Waals surface area contributed by atoms with Crippen LogP contribution in [0.4, 0.5) is 0 Å². The number of aromatic nitrogens is 1. The third-order valence-corrected chi connectivity index (χ3v) is 5.46. The van der Waals surface area contributed by atoms with Gasteiger partial charge in [-0.25, -0.2) is 0 Å². The zero-order valence-electron chi connectivity index (χ0n) is 14.3. The van der Waals surface area contributed by atoms with Gasteiger partial charge >= 0.3 is 0 Å². The molecule has 5 nitrogen and oxygen atoms in total. The van der Waals surface area contributed by atoms with Gasteiger partial charge in [-0.1, -0.05) is 29.3 Å². The highest BCUT2D eigenvalue weighted by molar-refractivity contribution is 6.42. The number of nitrogens with one attached hydrogen (secondary N) is 1. The van der Waals surface area contributed by atoms with Gasteiger partial charge in [0.25, 0.3) is 11.5 Å². The quantitative estimate of drug-likeness (QED) is 0.786. The molecule has 1 aliphatic carbocycles. The molecule has 1 saturated carbocycles. The van der Waals surface area contributed by atoms with Gasteiger partial charge in [0.2, 0.25) is 0 Å². The molecule has 2 N–H and O–H groups in total. The fourth-order valence-corrected chi connectivity index (χ4v) is 3.31. The number of nitrogens with zero attached hydrogens (tertiary/aromatic N) is 1. The summed E-state index contributed by atoms with van der Waals surface area (Å²) in [6, 6.07) is 6.96. The molecule has 0 bridgehead atoms. The number of halogens is 2. The van der Waals surface area contributed by atoms with Crippen LogP contribution in [0.5, 0.6) is 5.75 Å². The summed E-state index contributed by atoms with van der Waals surface area (Å²) in [7, 11) is 1.52. The van der Waals surface area contributed by atoms with Gasteiger partial charge in [-0.05, 0) is 55.4 Å². The van der Waals surface area contributed by atoms with Crippen LogP contribution in [0.1, 0.15) is 35.2 Å². The summed E-state index contributed by atoms with van der Waals surface area (Å²) in [5, 5.41) is 14.0. The standard InChI is InChI=1S/C19H20Cl2N2O3/c1-23-9-8-13(17(24)19(23)26)18(25)22-16(12-4-5-12)7-3-11-2-6-14(20)15(21)10-11/h2,6,8-10,12,16,24H,3-5,7H2,1H3,(H,22,25). The van der Waals surface area contributed by atoms with Crippen LogP contribution in [0.3, 0.4) is 0 Å². The smallest absolute Gasteiger partial charge is 0.293 e. The Morgan fingerprint density at radius 1 is 1.31 bits per heavy atom. The normalized spacial score (nSPS) is 14.9. The van der Waals surface area contributed by atoms with Crippen molar-refractivity contribution in [1.82, 2.24) is 9.88 Å². The topological polar surface area (TPSA) is 71.3 Å². The number of aryl methyl sites for hydroxylation is 2. The molecule has 26 heavy (non-hydrogen) atoms. The molecule has 2 aromatic rings. The molecular weight excluding hydrogens is 375 g/mol. The minimum absolute atomic E-state index is 0.00767. The maximum Gasteiger partial charge on any atom is 0.293 e. The fraction of sp³-hybridized carbons (Fsp3) is 0.368. The highest BCUT2D eigenvalue weighted by Crippen LogP contribution is 2.35. The van der Waals surface area contributed by atoms with Crippen molar-refractivity contribution in [1.29, 1.82) is 0 Å². The van der Waals surface area contributed by atoms with Crippen molar-refractivity contribution in [2.45, 2.75) is 31.7 Å². The molecular formula is C19H20Cl2N2O3. The largest absolute Gasteiger partial charge is 0.502 e. The minimum Gasteiger partial charge on any atom is -0.502 e. The van der Waals surface area contributed by atoms with Crippen LogP contribution in [0, 0.1) is 5.92 Å². The second kappa shape index (κ2) is 7.72. The Labute approximate surface area is 161 Å². The van der Waals surface area contributed by atoms with E-state index in [0.717, 1.165) is 31.2 Å². The summed E-state index contributed by atoms with van der Waals surface area (Å²) in [6.45, 7) is 0. The molecule has 1 aromatic heterocycles. The number of rotatable bonds is 6. The molecule has 1 aromatic carbocycles. The lowest BCUT2D eigenvalue weighted by Gasteiger charge is -2.19. The second-order valence-electron chi connectivity index (χ2n) is 6.70. The molecule has 1 fully saturated rings. The van der Waals surface area contributed by atoms with E-state index in [-0.39, 0.29) is 11.6 Å². The maximum atomic E-state index is 12.5. The van der Waals surface area contributed by atoms with Crippen molar-refractivity contribution in [3.63, 3.8) is 0 Å². The predicted molar refractivity (Wildman–Crippen MR) is 102 cm³/mol. The van der Waals surface area contributed by atoms with Gasteiger partial charge in [0, 0.05) is 19.3 Å². The molecule has 3 rings (SSSR count). The summed E-state index contributed by atoms with van der Waals surface area (Å²) >= 11 is 12.0. The van der Waals surface area contributed by atoms with E-state index < -0.39 is 17.2 Å². The van der Waals surface area contributed by atoms with E-state index in [4.69, 9.17) is 23.2 Å². The Balaban J connectivity index is 1.69. The summed E-state index contributed by atoms with van der Waals surface area (Å²) in [4.78, 5) is 24.3. The summed E-state index contributed by atoms with van der Waals surface area (Å²) < 4.78 is 1.23. The number of benzene rings is 1. The SMILES string of the molecule is Cn1ccc(C(=O)NC(CCc2ccc(Cl)c(Cl)c2)C2CC2)c(O)c1=O. The number of carbonyl (C=O) groups is 1. The highest BCUT2D eigenvalue weighted by Gasteiger charge is 2.32. The lowest BCUT2D eigenvalue weighted by Crippen LogP contribution is -2.37. The minimum atomic E-state index is -0.587. The fourth-order valence-electron chi connectivity index (χ4n) is 2.99. The van der Waals surface area contributed by atoms with Crippen molar-refractivity contribution in [3.05, 3.63) is 62.0 Å². The Bertz CT molecular complexity index is 891. The van der Waals surface area contributed by atoms with Crippen LogP contribution in [0.15, 0.2) is 35.3 Å². The Morgan fingerprint density at radius 2 is 2.04 bits per heavy atom. The molecule has 1 aliphatic rings. The van der Waals surface area contributed by atoms with E-state index in [1.807, 2.05) is 12.1 Å². The van der Waals surface area contributed by atoms with Gasteiger partial charge in [-0.3, -0.25) is 9.59 Å². The Hall–Kier alpha value is -1.98. The van der Waals surface area contributed by atoms with E-state index in [1.165, 1.54) is 23.9 Å². The van der Waals surface area contributed by atoms with Crippen molar-refractivity contribution in [2.24, 2.45) is 13.0 Å². The second-order valence-corrected chi connectivity index (χ2v) is 7.51. The molecule has 0 spiro atoms. The number of hydrogen-bond donors (Lipinski definition) is 2. The summed E-state index contributed by atoms with van der Waals surface area (Å²) in [5.41, 5.74) is 0.473. The van der Waals surface area contributed by atoms with E-state index in [9.17, 15) is 14.7 Å². The number of hydrogen-bond acceptors (Lipinski definition) is 3. The van der Waals surface area contributed by atoms with Crippen molar-refractivity contribution < 1.29 is 9.90 Å². The summed E-state index contributed by atoms with van der Waals surface area (Å²) in [6.07, 6.45) is 5.10. The first-order chi connectivity index (χ1) is 12.4. The van der Waals surface area contributed by atoms with E-state index in [2.05, 4.69) is 5.32 Å². The predicted octanol–water partition coefficient (Wildman–Crippen LogP) is 3.54. The Morgan fingerprint density at radius 3 is 2.69 bits per heavy atom. The third-order valence-electron chi connectivity index (χ3n) is 4.72. The zero-order valence-corrected chi connectivity index (χ0v) is 15.8. The molecule has 0 aliphatic heterocycles. The first kappa shape index (κ1) is 18.8. The molecule has 0 saturated heterocycles. The maximum absolute atomic E-state index is 12.5. The molecule has 1 unspecified atom stereocenters. The molecule has 1 heterocycles. The van der Waals surface area contributed by atoms with Crippen LogP contribution < -0.4 is 10.9 Å². The van der Waals surface area contributed by atoms with Gasteiger partial charge in [-0.15, -0.1) is 0 Å². The summed E-state index contributed by atoms with van der Waals surface area (Å²) in [5.74, 6) is -0.520. The van der Waals surface area contributed by atoms with Crippen LogP contribution in [0.25, 0.3) is 0 Å². The van der Waals surface area contributed by atoms with Crippen molar-refractivity contribution in [3.8, 4) is 5.75 Å². The van der Waals surface area contributed by atoms with E-state index >= 15 is 0 Å². The zero-order chi connectivity index (χ0) is 18.8. The average Bonchev–Trinajstić information content (AvgIpc) is 3.44. The average molecular weight is 395 g/mol. The van der Waals surface area contributed by atoms with Crippen molar-refractivity contribution >= 4 is 29.1 Å². The number of carbonyl (C=O) groups excluding carboxylic acids is 1. The van der Waals surface area contributed by atoms with E-state index in [0.29, 0.717) is 16.0 Å². The number of pyridine rings is 1. The van der Waals surface area contributed by atoms with Gasteiger partial charge in [0.05, 0.1) is 15.6 Å². The van der Waals surface area contributed by atoms with Gasteiger partial charge in [0.1, 0.15) is 0 Å². The van der Waals surface area contributed by atoms with Crippen LogP contribution in [-0.2, 0) is 13.5 Å². The third kappa shape index (κ3) is 4.22. The lowest BCUT2D eigenvalue weighted by molar-refractivity contribution is 0.0926. The molecule has 0 radical (unpaired) electrons. The lowest BCUT2D eigenvalue weighted by atomic mass is 10.0. The van der Waals surface area contributed by atoms with E-state index in [1.54, 1.807) is 6.07 Å². The highest BCUT2D eigenvalue weighted by atomic mass is 35.5. The number of aromatic hydroxyl groups is 1. The number of amides is 1. The molecule has 1 atom stereocenters. The van der Waals surface area contributed by atoms with Crippen LogP contribution >= 0.6 is 23.2 Å². The monoisotopic (exact) mass is 394 g/mol. The molecule has 7 heteroatoms. The van der Waals surface area contributed by atoms with Crippen molar-refractivity contribution in [2.75, 3.05) is 0 Å². The first-order valence-electron chi connectivity index (χ1n) is 8.50. The van der Waals surface area contributed by atoms with Gasteiger partial charge in [-0.2, -0.15) is 0 Å². The van der Waals surface area contributed by atoms with Gasteiger partial charge in [0.15, 0.2) is 5.75 Å². The van der Waals surface area contributed by atoms with Crippen LogP contribution in [0.2, 0.25) is 10.0 Å². The first-order valence-corrected chi connectivity index (χ1v) is 9.26.